The van der Waals surface area contributed by atoms with Crippen molar-refractivity contribution in [3.8, 4) is 11.1 Å². The molecule has 6 heteroatoms. The minimum Gasteiger partial charge on any atom is -0.249 e. The Morgan fingerprint density at radius 3 is 2.17 bits per heavy atom. The van der Waals surface area contributed by atoms with Gasteiger partial charge >= 0.3 is 0 Å². The maximum absolute atomic E-state index is 12.4. The summed E-state index contributed by atoms with van der Waals surface area (Å²) < 4.78 is 12.4. The van der Waals surface area contributed by atoms with Crippen molar-refractivity contribution in [2.45, 2.75) is 9.79 Å². The smallest absolute Gasteiger partial charge is 0.0878 e. The molecule has 1 atom stereocenters. The SMILES string of the molecule is O=S1c2ccccc2-c2c(Cl)c(Cl)c(Cl)c(Cl)c21. The van der Waals surface area contributed by atoms with Crippen LogP contribution in [0.15, 0.2) is 34.1 Å². The number of halogens is 4. The minimum absolute atomic E-state index is 0.142. The van der Waals surface area contributed by atoms with Gasteiger partial charge in [-0.3, -0.25) is 0 Å². The molecule has 1 aliphatic heterocycles. The van der Waals surface area contributed by atoms with Crippen molar-refractivity contribution in [3.63, 3.8) is 0 Å². The molecule has 0 saturated heterocycles. The third-order valence-corrected chi connectivity index (χ3v) is 6.21. The van der Waals surface area contributed by atoms with Gasteiger partial charge in [0.15, 0.2) is 0 Å². The van der Waals surface area contributed by atoms with Gasteiger partial charge in [0.1, 0.15) is 0 Å². The van der Waals surface area contributed by atoms with E-state index in [1.165, 1.54) is 0 Å². The van der Waals surface area contributed by atoms with Crippen LogP contribution in [0.25, 0.3) is 11.1 Å². The van der Waals surface area contributed by atoms with E-state index >= 15 is 0 Å². The third kappa shape index (κ3) is 1.57. The Labute approximate surface area is 126 Å². The summed E-state index contributed by atoms with van der Waals surface area (Å²) >= 11 is 24.4. The van der Waals surface area contributed by atoms with Crippen molar-refractivity contribution in [3.05, 3.63) is 44.4 Å². The van der Waals surface area contributed by atoms with Crippen LogP contribution in [-0.4, -0.2) is 4.21 Å². The van der Waals surface area contributed by atoms with E-state index in [0.29, 0.717) is 20.4 Å². The van der Waals surface area contributed by atoms with E-state index in [0.717, 1.165) is 5.56 Å². The molecule has 0 aromatic heterocycles. The van der Waals surface area contributed by atoms with Gasteiger partial charge in [-0.15, -0.1) is 0 Å². The Balaban J connectivity index is 2.51. The summed E-state index contributed by atoms with van der Waals surface area (Å²) in [5.41, 5.74) is 1.40. The Morgan fingerprint density at radius 2 is 1.44 bits per heavy atom. The van der Waals surface area contributed by atoms with Gasteiger partial charge in [0.2, 0.25) is 0 Å². The highest BCUT2D eigenvalue weighted by Crippen LogP contribution is 2.52. The zero-order valence-electron chi connectivity index (χ0n) is 8.64. The van der Waals surface area contributed by atoms with Gasteiger partial charge in [-0.25, -0.2) is 4.21 Å². The highest BCUT2D eigenvalue weighted by atomic mass is 35.5. The molecular formula is C12H4Cl4OS. The molecule has 0 N–H and O–H groups in total. The summed E-state index contributed by atoms with van der Waals surface area (Å²) in [6.07, 6.45) is 0. The first-order chi connectivity index (χ1) is 8.54. The van der Waals surface area contributed by atoms with Crippen molar-refractivity contribution in [2.75, 3.05) is 0 Å². The van der Waals surface area contributed by atoms with Crippen LogP contribution in [-0.2, 0) is 10.8 Å². The molecule has 0 fully saturated rings. The van der Waals surface area contributed by atoms with Crippen molar-refractivity contribution in [1.29, 1.82) is 0 Å². The van der Waals surface area contributed by atoms with Gasteiger partial charge in [0.25, 0.3) is 0 Å². The van der Waals surface area contributed by atoms with Crippen LogP contribution >= 0.6 is 46.4 Å². The van der Waals surface area contributed by atoms with E-state index in [4.69, 9.17) is 46.4 Å². The van der Waals surface area contributed by atoms with Crippen LogP contribution < -0.4 is 0 Å². The van der Waals surface area contributed by atoms with Crippen molar-refractivity contribution in [2.24, 2.45) is 0 Å². The number of rotatable bonds is 0. The quantitative estimate of drug-likeness (QED) is 0.394. The molecule has 0 spiro atoms. The lowest BCUT2D eigenvalue weighted by atomic mass is 10.1. The fraction of sp³-hybridized carbons (Fsp3) is 0. The summed E-state index contributed by atoms with van der Waals surface area (Å²) in [5, 5.41) is 0.828. The lowest BCUT2D eigenvalue weighted by Crippen LogP contribution is -1.89. The molecule has 0 amide bonds. The van der Waals surface area contributed by atoms with Crippen molar-refractivity contribution >= 4 is 57.2 Å². The summed E-state index contributed by atoms with van der Waals surface area (Å²) in [6.45, 7) is 0. The molecule has 1 aliphatic rings. The van der Waals surface area contributed by atoms with E-state index in [9.17, 15) is 4.21 Å². The summed E-state index contributed by atoms with van der Waals surface area (Å²) in [7, 11) is -1.37. The van der Waals surface area contributed by atoms with Crippen molar-refractivity contribution < 1.29 is 4.21 Å². The van der Waals surface area contributed by atoms with Crippen molar-refractivity contribution in [1.82, 2.24) is 0 Å². The van der Waals surface area contributed by atoms with Gasteiger partial charge in [-0.1, -0.05) is 64.6 Å². The third-order valence-electron chi connectivity index (χ3n) is 2.77. The Morgan fingerprint density at radius 1 is 0.833 bits per heavy atom. The van der Waals surface area contributed by atoms with E-state index in [-0.39, 0.29) is 15.1 Å². The van der Waals surface area contributed by atoms with Gasteiger partial charge in [-0.2, -0.15) is 0 Å². The van der Waals surface area contributed by atoms with Gasteiger partial charge in [0, 0.05) is 11.1 Å². The predicted octanol–water partition coefficient (Wildman–Crippen LogP) is 5.45. The van der Waals surface area contributed by atoms with Crippen LogP contribution in [0.5, 0.6) is 0 Å². The number of hydrogen-bond donors (Lipinski definition) is 0. The molecule has 0 bridgehead atoms. The maximum Gasteiger partial charge on any atom is 0.0878 e. The molecule has 0 radical (unpaired) electrons. The first-order valence-electron chi connectivity index (χ1n) is 4.91. The fourth-order valence-corrected chi connectivity index (χ4v) is 4.70. The van der Waals surface area contributed by atoms with E-state index in [1.807, 2.05) is 18.2 Å². The second-order valence-corrected chi connectivity index (χ2v) is 6.62. The first kappa shape index (κ1) is 12.8. The van der Waals surface area contributed by atoms with E-state index < -0.39 is 10.8 Å². The second-order valence-electron chi connectivity index (χ2n) is 3.72. The Hall–Kier alpha value is -0.250. The molecule has 2 aromatic rings. The zero-order valence-corrected chi connectivity index (χ0v) is 12.5. The summed E-state index contributed by atoms with van der Waals surface area (Å²) in [6, 6.07) is 7.27. The second kappa shape index (κ2) is 4.39. The normalized spacial score (nSPS) is 16.6. The van der Waals surface area contributed by atoms with E-state index in [1.54, 1.807) is 6.07 Å². The lowest BCUT2D eigenvalue weighted by molar-refractivity contribution is 0.685. The predicted molar refractivity (Wildman–Crippen MR) is 76.6 cm³/mol. The van der Waals surface area contributed by atoms with Crippen LogP contribution in [0.4, 0.5) is 0 Å². The van der Waals surface area contributed by atoms with Crippen LogP contribution in [0, 0.1) is 0 Å². The molecule has 3 rings (SSSR count). The zero-order chi connectivity index (χ0) is 13.0. The van der Waals surface area contributed by atoms with Gasteiger partial charge < -0.3 is 0 Å². The molecule has 0 aliphatic carbocycles. The molecule has 0 saturated carbocycles. The van der Waals surface area contributed by atoms with Gasteiger partial charge in [0.05, 0.1) is 40.7 Å². The number of hydrogen-bond acceptors (Lipinski definition) is 1. The molecule has 18 heavy (non-hydrogen) atoms. The highest BCUT2D eigenvalue weighted by molar-refractivity contribution is 7.86. The van der Waals surface area contributed by atoms with Crippen LogP contribution in [0.3, 0.4) is 0 Å². The summed E-state index contributed by atoms with van der Waals surface area (Å²) in [5.74, 6) is 0. The standard InChI is InChI=1S/C12H4Cl4OS/c13-8-7-5-3-1-2-4-6(5)18(17)12(7)11(16)10(15)9(8)14/h1-4H. The monoisotopic (exact) mass is 336 g/mol. The van der Waals surface area contributed by atoms with Crippen LogP contribution in [0.2, 0.25) is 20.1 Å². The molecule has 2 aromatic carbocycles. The Kier molecular flexibility index (Phi) is 3.12. The van der Waals surface area contributed by atoms with Crippen LogP contribution in [0.1, 0.15) is 0 Å². The average Bonchev–Trinajstić information content (AvgIpc) is 2.68. The highest BCUT2D eigenvalue weighted by Gasteiger charge is 2.33. The van der Waals surface area contributed by atoms with Gasteiger partial charge in [-0.05, 0) is 6.07 Å². The molecule has 1 nitrogen and oxygen atoms in total. The average molecular weight is 338 g/mol. The Bertz CT molecular complexity index is 712. The molecule has 92 valence electrons. The first-order valence-corrected chi connectivity index (χ1v) is 7.57. The maximum atomic E-state index is 12.4. The number of benzene rings is 2. The topological polar surface area (TPSA) is 17.1 Å². The number of fused-ring (bicyclic) bond motifs is 3. The molecule has 1 heterocycles. The lowest BCUT2D eigenvalue weighted by Gasteiger charge is -2.09. The largest absolute Gasteiger partial charge is 0.249 e. The fourth-order valence-electron chi connectivity index (χ4n) is 1.97. The van der Waals surface area contributed by atoms with E-state index in [2.05, 4.69) is 0 Å². The summed E-state index contributed by atoms with van der Waals surface area (Å²) in [4.78, 5) is 1.12. The minimum atomic E-state index is -1.37. The molecular weight excluding hydrogens is 334 g/mol. The molecule has 1 unspecified atom stereocenters.